The van der Waals surface area contributed by atoms with Crippen molar-refractivity contribution in [3.8, 4) is 6.01 Å². The van der Waals surface area contributed by atoms with Gasteiger partial charge < -0.3 is 29.1 Å². The molecule has 0 saturated carbocycles. The number of aromatic nitrogens is 2. The van der Waals surface area contributed by atoms with Crippen LogP contribution in [0.1, 0.15) is 29.7 Å². The number of rotatable bonds is 8. The highest BCUT2D eigenvalue weighted by Crippen LogP contribution is 2.35. The Morgan fingerprint density at radius 2 is 1.83 bits per heavy atom. The molecule has 0 radical (unpaired) electrons. The van der Waals surface area contributed by atoms with Gasteiger partial charge >= 0.3 is 6.01 Å². The second-order valence-corrected chi connectivity index (χ2v) is 11.6. The lowest BCUT2D eigenvalue weighted by Gasteiger charge is -2.38. The predicted octanol–water partition coefficient (Wildman–Crippen LogP) is 3.83. The second kappa shape index (κ2) is 12.7. The van der Waals surface area contributed by atoms with Crippen LogP contribution in [0.5, 0.6) is 6.01 Å². The lowest BCUT2D eigenvalue weighted by molar-refractivity contribution is -0.126. The number of likely N-dealkylation sites (tertiary alicyclic amines) is 1. The molecule has 1 amide bonds. The number of nitrogens with zero attached hydrogens (tertiary/aromatic N) is 6. The summed E-state index contributed by atoms with van der Waals surface area (Å²) in [6.07, 6.45) is 6.57. The summed E-state index contributed by atoms with van der Waals surface area (Å²) in [7, 11) is 3.79. The third-order valence-corrected chi connectivity index (χ3v) is 8.95. The van der Waals surface area contributed by atoms with Gasteiger partial charge in [-0.3, -0.25) is 4.79 Å². The summed E-state index contributed by atoms with van der Waals surface area (Å²) in [6.45, 7) is 8.69. The average molecular weight is 571 g/mol. The molecule has 9 nitrogen and oxygen atoms in total. The number of amides is 1. The molecule has 1 atom stereocenters. The Hall–Kier alpha value is -3.69. The van der Waals surface area contributed by atoms with Gasteiger partial charge in [-0.15, -0.1) is 0 Å². The molecule has 222 valence electrons. The molecule has 1 unspecified atom stereocenters. The minimum absolute atomic E-state index is 0.0298. The Morgan fingerprint density at radius 1 is 1.02 bits per heavy atom. The third kappa shape index (κ3) is 5.94. The summed E-state index contributed by atoms with van der Waals surface area (Å²) in [5, 5.41) is 2.56. The van der Waals surface area contributed by atoms with E-state index >= 15 is 0 Å². The van der Waals surface area contributed by atoms with E-state index in [4.69, 9.17) is 19.4 Å². The van der Waals surface area contributed by atoms with E-state index in [2.05, 4.69) is 65.1 Å². The van der Waals surface area contributed by atoms with E-state index in [9.17, 15) is 4.79 Å². The molecular formula is C33H42N6O3. The fourth-order valence-corrected chi connectivity index (χ4v) is 6.54. The zero-order valence-corrected chi connectivity index (χ0v) is 25.1. The average Bonchev–Trinajstić information content (AvgIpc) is 3.43. The van der Waals surface area contributed by atoms with E-state index in [1.165, 1.54) is 34.0 Å². The van der Waals surface area contributed by atoms with Crippen LogP contribution in [-0.2, 0) is 22.5 Å². The molecule has 2 aromatic carbocycles. The Balaban J connectivity index is 1.26. The zero-order valence-electron chi connectivity index (χ0n) is 25.1. The van der Waals surface area contributed by atoms with Gasteiger partial charge in [0.15, 0.2) is 0 Å². The molecule has 3 aliphatic heterocycles. The van der Waals surface area contributed by atoms with Gasteiger partial charge in [0.1, 0.15) is 12.4 Å². The lowest BCUT2D eigenvalue weighted by Crippen LogP contribution is -2.49. The van der Waals surface area contributed by atoms with Crippen LogP contribution in [0.4, 0.5) is 11.5 Å². The fraction of sp³-hybridized carbons (Fsp3) is 0.485. The first-order chi connectivity index (χ1) is 20.5. The molecule has 9 heteroatoms. The Bertz CT molecular complexity index is 1450. The quantitative estimate of drug-likeness (QED) is 0.379. The monoisotopic (exact) mass is 570 g/mol. The second-order valence-electron chi connectivity index (χ2n) is 11.6. The molecule has 2 fully saturated rings. The van der Waals surface area contributed by atoms with Gasteiger partial charge in [-0.1, -0.05) is 36.4 Å². The Labute approximate surface area is 248 Å². The van der Waals surface area contributed by atoms with Crippen molar-refractivity contribution in [1.82, 2.24) is 19.8 Å². The molecule has 0 spiro atoms. The van der Waals surface area contributed by atoms with Crippen molar-refractivity contribution in [3.05, 3.63) is 65.4 Å². The molecule has 42 heavy (non-hydrogen) atoms. The number of methoxy groups -OCH3 is 1. The molecule has 1 aromatic heterocycles. The highest BCUT2D eigenvalue weighted by Gasteiger charge is 2.30. The first-order valence-electron chi connectivity index (χ1n) is 15.2. The van der Waals surface area contributed by atoms with E-state index < -0.39 is 0 Å². The number of piperazine rings is 1. The van der Waals surface area contributed by atoms with Crippen LogP contribution < -0.4 is 14.5 Å². The standard InChI is InChI=1S/C33H42N6O3/c1-24-8-4-9-25-10-5-12-29(31(24)25)39-16-14-27-28(22-39)34-33(42-23-26-11-6-15-36(26)2)35-32(27)38-19-17-37(18-20-38)30(40)13-7-21-41-3/h4-5,7-10,12-13,26H,6,11,14-23H2,1-3H3/b13-7+. The molecule has 3 aliphatic rings. The number of ether oxygens (including phenoxy) is 2. The molecule has 0 N–H and O–H groups in total. The third-order valence-electron chi connectivity index (χ3n) is 8.95. The molecule has 0 aliphatic carbocycles. The SMILES string of the molecule is COC/C=C/C(=O)N1CCN(c2nc(OCC3CCCN3C)nc3c2CCN(c2cccc4cccc(C)c24)C3)CC1. The van der Waals surface area contributed by atoms with Crippen molar-refractivity contribution in [3.63, 3.8) is 0 Å². The van der Waals surface area contributed by atoms with Crippen LogP contribution in [0, 0.1) is 6.92 Å². The van der Waals surface area contributed by atoms with E-state index in [1.807, 2.05) is 4.90 Å². The van der Waals surface area contributed by atoms with Gasteiger partial charge in [0, 0.05) is 68.6 Å². The summed E-state index contributed by atoms with van der Waals surface area (Å²) in [5.41, 5.74) is 4.77. The van der Waals surface area contributed by atoms with Gasteiger partial charge in [-0.2, -0.15) is 9.97 Å². The van der Waals surface area contributed by atoms with Crippen molar-refractivity contribution >= 4 is 28.2 Å². The topological polar surface area (TPSA) is 74.3 Å². The Morgan fingerprint density at radius 3 is 2.60 bits per heavy atom. The van der Waals surface area contributed by atoms with Crippen LogP contribution in [-0.4, -0.2) is 98.4 Å². The number of hydrogen-bond acceptors (Lipinski definition) is 8. The van der Waals surface area contributed by atoms with E-state index in [0.29, 0.717) is 44.9 Å². The van der Waals surface area contributed by atoms with Gasteiger partial charge in [0.25, 0.3) is 0 Å². The minimum Gasteiger partial charge on any atom is -0.462 e. The van der Waals surface area contributed by atoms with Gasteiger partial charge in [0.2, 0.25) is 5.91 Å². The number of carbonyl (C=O) groups is 1. The maximum atomic E-state index is 12.6. The summed E-state index contributed by atoms with van der Waals surface area (Å²) in [6, 6.07) is 13.9. The summed E-state index contributed by atoms with van der Waals surface area (Å²) in [5.74, 6) is 0.993. The van der Waals surface area contributed by atoms with Crippen molar-refractivity contribution in [2.75, 3.05) is 76.4 Å². The van der Waals surface area contributed by atoms with Crippen LogP contribution in [0.3, 0.4) is 0 Å². The zero-order chi connectivity index (χ0) is 29.1. The summed E-state index contributed by atoms with van der Waals surface area (Å²) >= 11 is 0. The van der Waals surface area contributed by atoms with Crippen LogP contribution in [0.2, 0.25) is 0 Å². The fourth-order valence-electron chi connectivity index (χ4n) is 6.54. The smallest absolute Gasteiger partial charge is 0.318 e. The lowest BCUT2D eigenvalue weighted by atomic mass is 9.99. The summed E-state index contributed by atoms with van der Waals surface area (Å²) < 4.78 is 11.3. The van der Waals surface area contributed by atoms with Crippen molar-refractivity contribution in [1.29, 1.82) is 0 Å². The number of hydrogen-bond donors (Lipinski definition) is 0. The maximum absolute atomic E-state index is 12.6. The summed E-state index contributed by atoms with van der Waals surface area (Å²) in [4.78, 5) is 31.7. The minimum atomic E-state index is 0.0298. The molecular weight excluding hydrogens is 528 g/mol. The Kier molecular flexibility index (Phi) is 8.58. The van der Waals surface area contributed by atoms with E-state index in [-0.39, 0.29) is 5.91 Å². The van der Waals surface area contributed by atoms with E-state index in [1.54, 1.807) is 19.3 Å². The van der Waals surface area contributed by atoms with Gasteiger partial charge in [-0.05, 0) is 56.8 Å². The number of anilines is 2. The van der Waals surface area contributed by atoms with Crippen molar-refractivity contribution < 1.29 is 14.3 Å². The van der Waals surface area contributed by atoms with Gasteiger partial charge in [0.05, 0.1) is 18.8 Å². The van der Waals surface area contributed by atoms with Crippen molar-refractivity contribution in [2.24, 2.45) is 0 Å². The first kappa shape index (κ1) is 28.4. The number of fused-ring (bicyclic) bond motifs is 2. The molecule has 0 bridgehead atoms. The van der Waals surface area contributed by atoms with Crippen molar-refractivity contribution in [2.45, 2.75) is 38.8 Å². The highest BCUT2D eigenvalue weighted by atomic mass is 16.5. The molecule has 2 saturated heterocycles. The number of benzene rings is 2. The molecule has 4 heterocycles. The first-order valence-corrected chi connectivity index (χ1v) is 15.2. The van der Waals surface area contributed by atoms with Crippen LogP contribution in [0.15, 0.2) is 48.6 Å². The largest absolute Gasteiger partial charge is 0.462 e. The van der Waals surface area contributed by atoms with Gasteiger partial charge in [-0.25, -0.2) is 0 Å². The number of likely N-dealkylation sites (N-methyl/N-ethyl adjacent to an activating group) is 1. The van der Waals surface area contributed by atoms with Crippen LogP contribution in [0.25, 0.3) is 10.8 Å². The van der Waals surface area contributed by atoms with Crippen LogP contribution >= 0.6 is 0 Å². The predicted molar refractivity (Wildman–Crippen MR) is 166 cm³/mol. The molecule has 6 rings (SSSR count). The molecule has 3 aromatic rings. The highest BCUT2D eigenvalue weighted by molar-refractivity contribution is 5.97. The number of carbonyl (C=O) groups excluding carboxylic acids is 1. The normalized spacial score (nSPS) is 19.6. The maximum Gasteiger partial charge on any atom is 0.318 e. The number of aryl methyl sites for hydroxylation is 1. The van der Waals surface area contributed by atoms with E-state index in [0.717, 1.165) is 50.5 Å².